The van der Waals surface area contributed by atoms with Crippen LogP contribution in [0.1, 0.15) is 23.2 Å². The highest BCUT2D eigenvalue weighted by Gasteiger charge is 2.25. The minimum Gasteiger partial charge on any atom is -0.382 e. The lowest BCUT2D eigenvalue weighted by Crippen LogP contribution is -2.22. The van der Waals surface area contributed by atoms with Crippen molar-refractivity contribution in [2.24, 2.45) is 0 Å². The van der Waals surface area contributed by atoms with Crippen LogP contribution in [-0.4, -0.2) is 60.4 Å². The average Bonchev–Trinajstić information content (AvgIpc) is 3.81. The highest BCUT2D eigenvalue weighted by atomic mass is 16.2. The van der Waals surface area contributed by atoms with E-state index in [1.807, 2.05) is 7.05 Å². The molecule has 1 aliphatic rings. The maximum absolute atomic E-state index is 13.9. The van der Waals surface area contributed by atoms with Gasteiger partial charge in [0.05, 0.1) is 17.9 Å². The van der Waals surface area contributed by atoms with E-state index in [0.717, 1.165) is 0 Å². The normalized spacial score (nSPS) is 12.5. The van der Waals surface area contributed by atoms with Crippen LogP contribution in [0.3, 0.4) is 0 Å². The number of hydrogen-bond acceptors (Lipinski definition) is 8. The van der Waals surface area contributed by atoms with Gasteiger partial charge in [-0.05, 0) is 80.4 Å². The molecule has 5 aromatic rings. The SMILES string of the molecule is CN(CC#CC(=O)Nc1cccc(-n2c(=O)n(-c3ccc(C(=O)Nc4ccccn4)cc3)c3c(N)ncnc32)c1)C1CC1. The molecule has 1 fully saturated rings. The van der Waals surface area contributed by atoms with Gasteiger partial charge in [0.1, 0.15) is 17.7 Å². The van der Waals surface area contributed by atoms with Crippen molar-refractivity contribution in [3.8, 4) is 23.2 Å². The Morgan fingerprint density at radius 3 is 2.53 bits per heavy atom. The van der Waals surface area contributed by atoms with Crippen LogP contribution >= 0.6 is 0 Å². The van der Waals surface area contributed by atoms with Gasteiger partial charge in [-0.2, -0.15) is 0 Å². The van der Waals surface area contributed by atoms with Gasteiger partial charge in [0.2, 0.25) is 0 Å². The number of nitrogen functional groups attached to an aromatic ring is 1. The second-order valence-corrected chi connectivity index (χ2v) is 10.1. The van der Waals surface area contributed by atoms with Gasteiger partial charge in [0.25, 0.3) is 11.8 Å². The van der Waals surface area contributed by atoms with Crippen LogP contribution < -0.4 is 22.1 Å². The Bertz CT molecular complexity index is 1950. The van der Waals surface area contributed by atoms with Gasteiger partial charge in [-0.15, -0.1) is 0 Å². The third-order valence-corrected chi connectivity index (χ3v) is 7.01. The first-order valence-electron chi connectivity index (χ1n) is 13.6. The molecule has 0 atom stereocenters. The lowest BCUT2D eigenvalue weighted by atomic mass is 10.2. The molecule has 43 heavy (non-hydrogen) atoms. The molecule has 0 unspecified atom stereocenters. The summed E-state index contributed by atoms with van der Waals surface area (Å²) in [6.45, 7) is 0.518. The molecule has 12 heteroatoms. The van der Waals surface area contributed by atoms with E-state index in [1.54, 1.807) is 72.9 Å². The zero-order valence-electron chi connectivity index (χ0n) is 23.2. The summed E-state index contributed by atoms with van der Waals surface area (Å²) in [6, 6.07) is 19.1. The van der Waals surface area contributed by atoms with Crippen LogP contribution in [0, 0.1) is 11.8 Å². The molecular weight excluding hydrogens is 546 g/mol. The van der Waals surface area contributed by atoms with E-state index in [4.69, 9.17) is 5.73 Å². The highest BCUT2D eigenvalue weighted by molar-refractivity contribution is 6.04. The summed E-state index contributed by atoms with van der Waals surface area (Å²) in [7, 11) is 1.99. The largest absolute Gasteiger partial charge is 0.382 e. The first-order chi connectivity index (χ1) is 20.9. The predicted molar refractivity (Wildman–Crippen MR) is 163 cm³/mol. The summed E-state index contributed by atoms with van der Waals surface area (Å²) in [5.41, 5.74) is 8.11. The molecule has 1 aliphatic carbocycles. The standard InChI is InChI=1S/C31H27N9O3/c1-38(22-14-15-22)17-5-9-26(41)36-21-6-4-7-24(18-21)40-29-27(28(32)34-19-35-29)39(31(40)43)23-12-10-20(11-13-23)30(42)37-25-8-2-3-16-33-25/h2-4,6-8,10-13,16,18-19,22H,14-15,17H2,1H3,(H,36,41)(H2,32,34,35)(H,33,37,42). The molecule has 0 spiro atoms. The molecule has 1 saturated carbocycles. The molecule has 3 aromatic heterocycles. The van der Waals surface area contributed by atoms with Crippen LogP contribution in [0.4, 0.5) is 17.3 Å². The smallest absolute Gasteiger partial charge is 0.339 e. The van der Waals surface area contributed by atoms with Gasteiger partial charge in [-0.1, -0.05) is 18.1 Å². The van der Waals surface area contributed by atoms with Crippen molar-refractivity contribution in [3.63, 3.8) is 0 Å². The fourth-order valence-electron chi connectivity index (χ4n) is 4.68. The van der Waals surface area contributed by atoms with Crippen molar-refractivity contribution < 1.29 is 9.59 Å². The van der Waals surface area contributed by atoms with E-state index in [2.05, 4.69) is 42.3 Å². The minimum absolute atomic E-state index is 0.105. The fraction of sp³-hybridized carbons (Fsp3) is 0.161. The molecule has 3 heterocycles. The molecule has 0 aliphatic heterocycles. The van der Waals surface area contributed by atoms with Crippen molar-refractivity contribution in [2.75, 3.05) is 30.0 Å². The number of aromatic nitrogens is 5. The summed E-state index contributed by atoms with van der Waals surface area (Å²) in [6.07, 6.45) is 5.20. The van der Waals surface area contributed by atoms with Crippen molar-refractivity contribution in [3.05, 3.63) is 95.3 Å². The van der Waals surface area contributed by atoms with Crippen molar-refractivity contribution in [1.82, 2.24) is 29.0 Å². The number of rotatable bonds is 7. The third kappa shape index (κ3) is 5.83. The Balaban J connectivity index is 1.30. The first-order valence-corrected chi connectivity index (χ1v) is 13.6. The first kappa shape index (κ1) is 27.4. The number of nitrogens with one attached hydrogen (secondary N) is 2. The van der Waals surface area contributed by atoms with Crippen LogP contribution in [0.2, 0.25) is 0 Å². The Labute approximate surface area is 246 Å². The summed E-state index contributed by atoms with van der Waals surface area (Å²) in [5.74, 6) is 5.26. The Hall–Kier alpha value is -5.80. The van der Waals surface area contributed by atoms with Gasteiger partial charge in [-0.3, -0.25) is 19.1 Å². The molecule has 6 rings (SSSR count). The van der Waals surface area contributed by atoms with E-state index in [9.17, 15) is 14.4 Å². The van der Waals surface area contributed by atoms with Crippen molar-refractivity contribution >= 4 is 40.3 Å². The summed E-state index contributed by atoms with van der Waals surface area (Å²) >= 11 is 0. The Morgan fingerprint density at radius 1 is 0.977 bits per heavy atom. The molecule has 12 nitrogen and oxygen atoms in total. The molecule has 2 amide bonds. The predicted octanol–water partition coefficient (Wildman–Crippen LogP) is 2.84. The molecular formula is C31H27N9O3. The topological polar surface area (TPSA) is 153 Å². The zero-order valence-corrected chi connectivity index (χ0v) is 23.2. The second-order valence-electron chi connectivity index (χ2n) is 10.1. The number of imidazole rings is 1. The molecule has 0 bridgehead atoms. The number of fused-ring (bicyclic) bond motifs is 1. The van der Waals surface area contributed by atoms with Crippen LogP contribution in [0.15, 0.2) is 84.0 Å². The lowest BCUT2D eigenvalue weighted by molar-refractivity contribution is -0.111. The van der Waals surface area contributed by atoms with Crippen LogP contribution in [-0.2, 0) is 4.79 Å². The fourth-order valence-corrected chi connectivity index (χ4v) is 4.68. The molecule has 0 saturated heterocycles. The Morgan fingerprint density at radius 2 is 1.79 bits per heavy atom. The maximum Gasteiger partial charge on any atom is 0.339 e. The summed E-state index contributed by atoms with van der Waals surface area (Å²) in [5, 5.41) is 5.50. The minimum atomic E-state index is -0.459. The van der Waals surface area contributed by atoms with E-state index in [0.29, 0.717) is 46.5 Å². The number of nitrogens with zero attached hydrogens (tertiary/aromatic N) is 6. The third-order valence-electron chi connectivity index (χ3n) is 7.01. The number of carbonyl (C=O) groups is 2. The lowest BCUT2D eigenvalue weighted by Gasteiger charge is -2.10. The average molecular weight is 574 g/mol. The van der Waals surface area contributed by atoms with Crippen LogP contribution in [0.25, 0.3) is 22.5 Å². The maximum atomic E-state index is 13.9. The summed E-state index contributed by atoms with van der Waals surface area (Å²) in [4.78, 5) is 53.8. The number of anilines is 3. The van der Waals surface area contributed by atoms with E-state index in [1.165, 1.54) is 28.3 Å². The zero-order chi connectivity index (χ0) is 29.9. The summed E-state index contributed by atoms with van der Waals surface area (Å²) < 4.78 is 2.78. The van der Waals surface area contributed by atoms with Gasteiger partial charge < -0.3 is 16.4 Å². The second kappa shape index (κ2) is 11.6. The Kier molecular flexibility index (Phi) is 7.38. The van der Waals surface area contributed by atoms with Gasteiger partial charge >= 0.3 is 5.69 Å². The van der Waals surface area contributed by atoms with E-state index < -0.39 is 11.6 Å². The van der Waals surface area contributed by atoms with Crippen LogP contribution in [0.5, 0.6) is 0 Å². The van der Waals surface area contributed by atoms with E-state index in [-0.39, 0.29) is 17.4 Å². The monoisotopic (exact) mass is 573 g/mol. The number of pyridine rings is 1. The van der Waals surface area contributed by atoms with Gasteiger partial charge in [0.15, 0.2) is 11.5 Å². The number of hydrogen-bond donors (Lipinski definition) is 3. The number of benzene rings is 2. The van der Waals surface area contributed by atoms with Gasteiger partial charge in [0, 0.05) is 23.5 Å². The number of nitrogens with two attached hydrogens (primary N) is 1. The molecule has 214 valence electrons. The molecule has 2 aromatic carbocycles. The highest BCUT2D eigenvalue weighted by Crippen LogP contribution is 2.25. The quantitative estimate of drug-likeness (QED) is 0.251. The van der Waals surface area contributed by atoms with E-state index >= 15 is 0 Å². The van der Waals surface area contributed by atoms with Crippen molar-refractivity contribution in [2.45, 2.75) is 18.9 Å². The molecule has 4 N–H and O–H groups in total. The molecule has 0 radical (unpaired) electrons. The van der Waals surface area contributed by atoms with Gasteiger partial charge in [-0.25, -0.2) is 24.3 Å². The number of amides is 2. The number of carbonyl (C=O) groups excluding carboxylic acids is 2. The van der Waals surface area contributed by atoms with Crippen molar-refractivity contribution in [1.29, 1.82) is 0 Å².